The van der Waals surface area contributed by atoms with Gasteiger partial charge in [0.05, 0.1) is 67.1 Å². The minimum atomic E-state index is -0.0686. The minimum Gasteiger partial charge on any atom is -0.493 e. The van der Waals surface area contributed by atoms with Gasteiger partial charge in [0.25, 0.3) is 31.0 Å². The maximum absolute atomic E-state index is 9.57. The van der Waals surface area contributed by atoms with Crippen molar-refractivity contribution in [3.8, 4) is 40.2 Å². The molecular weight excluding hydrogens is 1850 g/mol. The Balaban J connectivity index is 0.000000203. The summed E-state index contributed by atoms with van der Waals surface area (Å²) in [6.07, 6.45) is 3.42. The molecule has 1 saturated carbocycles. The SMILES string of the molecule is CCOc1cccc(NC(=S)OC)c1COc1ccc(C)cc1C.CCc1cccc(NC(=S)OC)c1COc1ccc(C)cc1C.COC(=S)Nc1cccc(C)c1COc1ccc(C)cc1C.COC(=S)Nc1cccc(C)c1COc1ccc(C)cc1C.COC(=S)Nc1cccc(C2CC2)c1COc1ccc(C)cc1C.COC(=S)Nc1cccc(CO)c1COc1ccc(C)cc1C. The summed E-state index contributed by atoms with van der Waals surface area (Å²) in [6, 6.07) is 72.8. The third-order valence-electron chi connectivity index (χ3n) is 22.3. The first kappa shape index (κ1) is 111. The fraction of sp³-hybridized carbons (Fsp3) is 0.304. The Morgan fingerprint density at radius 3 is 0.775 bits per heavy atom. The molecule has 0 saturated heterocycles. The molecule has 26 heteroatoms. The molecule has 138 heavy (non-hydrogen) atoms. The molecule has 13 rings (SSSR count). The highest BCUT2D eigenvalue weighted by Crippen LogP contribution is 2.44. The number of methoxy groups -OCH3 is 6. The van der Waals surface area contributed by atoms with Crippen LogP contribution in [0.5, 0.6) is 40.2 Å². The smallest absolute Gasteiger partial charge is 0.260 e. The number of aryl methyl sites for hydroxylation is 15. The summed E-state index contributed by atoms with van der Waals surface area (Å²) in [5.74, 6) is 6.71. The molecule has 730 valence electrons. The van der Waals surface area contributed by atoms with Crippen molar-refractivity contribution in [2.75, 3.05) is 81.2 Å². The number of benzene rings is 12. The Bertz CT molecular complexity index is 5890. The van der Waals surface area contributed by atoms with Gasteiger partial charge in [-0.2, -0.15) is 0 Å². The molecule has 0 atom stereocenters. The van der Waals surface area contributed by atoms with Crippen molar-refractivity contribution in [1.82, 2.24) is 0 Å². The van der Waals surface area contributed by atoms with Crippen LogP contribution >= 0.6 is 73.3 Å². The molecule has 12 aromatic carbocycles. The van der Waals surface area contributed by atoms with Gasteiger partial charge >= 0.3 is 0 Å². The predicted molar refractivity (Wildman–Crippen MR) is 587 cm³/mol. The van der Waals surface area contributed by atoms with Crippen LogP contribution in [0.2, 0.25) is 0 Å². The van der Waals surface area contributed by atoms with E-state index in [1.807, 2.05) is 155 Å². The summed E-state index contributed by atoms with van der Waals surface area (Å²) < 4.78 is 72.1. The second-order valence-electron chi connectivity index (χ2n) is 33.0. The number of anilines is 6. The first-order valence-electron chi connectivity index (χ1n) is 45.4. The largest absolute Gasteiger partial charge is 0.493 e. The minimum absolute atomic E-state index is 0.0686. The second-order valence-corrected chi connectivity index (χ2v) is 35.2. The maximum Gasteiger partial charge on any atom is 0.260 e. The standard InChI is InChI=1S/C20H23NO2S.C19H23NO3S.C19H23NO2S.C18H21NO3S.2C18H21NO2S/c1-13-7-10-19(14(2)11-13)23-12-17-16(15-8-9-15)5-4-6-18(17)21-20(24)22-3;1-5-22-18-8-6-7-16(20-19(24)21-4)15(18)12-23-17-10-9-13(2)11-14(17)3;1-5-15-7-6-8-17(20-19(23)21-4)16(15)12-22-18-10-9-13(2)11-14(18)3;1-12-7-8-17(13(2)9-12)22-11-15-14(10-20)5-4-6-16(15)19-18(23)21-3;2*1-12-8-9-17(14(3)10-12)21-11-15-13(2)6-5-7-16(15)19-18(22)20-4/h4-7,10-11,15H,8-9,12H2,1-3H3,(H,21,24);6-11H,5,12H2,1-4H3,(H,20,24);6-11H,5,12H2,1-4H3,(H,20,23);4-9,20H,10-11H2,1-3H3,(H,19,23);2*5-10H,11H2,1-4H3,(H,19,22). The fourth-order valence-corrected chi connectivity index (χ4v) is 15.4. The Labute approximate surface area is 848 Å². The molecule has 1 aliphatic rings. The third kappa shape index (κ3) is 35.1. The summed E-state index contributed by atoms with van der Waals surface area (Å²) in [4.78, 5) is 0. The summed E-state index contributed by atoms with van der Waals surface area (Å²) >= 11 is 30.6. The number of thiocarbonyl (C=S) groups is 6. The van der Waals surface area contributed by atoms with Gasteiger partial charge in [-0.3, -0.25) is 0 Å². The molecule has 0 spiro atoms. The Morgan fingerprint density at radius 2 is 0.500 bits per heavy atom. The molecule has 0 heterocycles. The average molecular weight is 1980 g/mol. The van der Waals surface area contributed by atoms with Gasteiger partial charge in [0, 0.05) is 56.3 Å². The summed E-state index contributed by atoms with van der Waals surface area (Å²) in [5, 5.41) is 30.1. The molecule has 0 bridgehead atoms. The van der Waals surface area contributed by atoms with Gasteiger partial charge in [-0.25, -0.2) is 0 Å². The van der Waals surface area contributed by atoms with Crippen LogP contribution in [0.15, 0.2) is 218 Å². The van der Waals surface area contributed by atoms with Crippen LogP contribution in [-0.4, -0.2) is 85.4 Å². The van der Waals surface area contributed by atoms with E-state index < -0.39 is 0 Å². The van der Waals surface area contributed by atoms with E-state index in [9.17, 15) is 5.11 Å². The lowest BCUT2D eigenvalue weighted by Gasteiger charge is -2.17. The molecule has 0 aliphatic heterocycles. The van der Waals surface area contributed by atoms with E-state index in [4.69, 9.17) is 135 Å². The first-order valence-corrected chi connectivity index (χ1v) is 47.9. The third-order valence-corrected chi connectivity index (χ3v) is 23.9. The lowest BCUT2D eigenvalue weighted by molar-refractivity contribution is 0.269. The lowest BCUT2D eigenvalue weighted by atomic mass is 10.0. The van der Waals surface area contributed by atoms with Crippen LogP contribution < -0.4 is 65.1 Å². The van der Waals surface area contributed by atoms with Gasteiger partial charge in [-0.15, -0.1) is 0 Å². The van der Waals surface area contributed by atoms with Crippen molar-refractivity contribution in [3.63, 3.8) is 0 Å². The van der Waals surface area contributed by atoms with Crippen LogP contribution in [0.25, 0.3) is 0 Å². The van der Waals surface area contributed by atoms with Crippen LogP contribution in [-0.2, 0) is 81.1 Å². The van der Waals surface area contributed by atoms with E-state index in [1.165, 1.54) is 77.1 Å². The van der Waals surface area contributed by atoms with Gasteiger partial charge in [0.1, 0.15) is 79.9 Å². The van der Waals surface area contributed by atoms with Crippen molar-refractivity contribution in [1.29, 1.82) is 0 Å². The number of rotatable bonds is 29. The zero-order valence-electron chi connectivity index (χ0n) is 83.3. The Kier molecular flexibility index (Phi) is 45.6. The van der Waals surface area contributed by atoms with Crippen LogP contribution in [0.4, 0.5) is 34.1 Å². The molecule has 12 aromatic rings. The average Bonchev–Trinajstić information content (AvgIpc) is 1.67. The van der Waals surface area contributed by atoms with E-state index in [2.05, 4.69) is 206 Å². The molecular formula is C112H132N6O14S6. The van der Waals surface area contributed by atoms with Crippen LogP contribution in [0.3, 0.4) is 0 Å². The normalized spacial score (nSPS) is 10.8. The van der Waals surface area contributed by atoms with Gasteiger partial charge in [-0.05, 0) is 342 Å². The number of aliphatic hydroxyl groups is 1. The summed E-state index contributed by atoms with van der Waals surface area (Å²) in [5.41, 5.74) is 31.2. The maximum atomic E-state index is 9.57. The van der Waals surface area contributed by atoms with Crippen molar-refractivity contribution in [2.24, 2.45) is 0 Å². The van der Waals surface area contributed by atoms with E-state index in [0.29, 0.717) is 78.0 Å². The summed E-state index contributed by atoms with van der Waals surface area (Å²) in [6.45, 7) is 36.1. The molecule has 1 fully saturated rings. The summed E-state index contributed by atoms with van der Waals surface area (Å²) in [7, 11) is 9.29. The Morgan fingerprint density at radius 1 is 0.261 bits per heavy atom. The van der Waals surface area contributed by atoms with E-state index in [1.54, 1.807) is 28.4 Å². The van der Waals surface area contributed by atoms with Gasteiger partial charge in [0.15, 0.2) is 0 Å². The first-order chi connectivity index (χ1) is 66.2. The quantitative estimate of drug-likeness (QED) is 0.0217. The van der Waals surface area contributed by atoms with Gasteiger partial charge < -0.3 is 98.6 Å². The van der Waals surface area contributed by atoms with Crippen molar-refractivity contribution in [2.45, 2.75) is 182 Å². The van der Waals surface area contributed by atoms with Crippen molar-refractivity contribution in [3.05, 3.63) is 346 Å². The van der Waals surface area contributed by atoms with E-state index >= 15 is 0 Å². The highest BCUT2D eigenvalue weighted by Gasteiger charge is 2.28. The monoisotopic (exact) mass is 1980 g/mol. The molecule has 7 N–H and O–H groups in total. The van der Waals surface area contributed by atoms with Crippen molar-refractivity contribution >= 4 is 138 Å². The van der Waals surface area contributed by atoms with E-state index in [0.717, 1.165) is 159 Å². The zero-order valence-corrected chi connectivity index (χ0v) is 88.2. The zero-order chi connectivity index (χ0) is 100. The molecule has 0 unspecified atom stereocenters. The Hall–Kier alpha value is -12.7. The second kappa shape index (κ2) is 56.9. The van der Waals surface area contributed by atoms with Gasteiger partial charge in [0.2, 0.25) is 0 Å². The van der Waals surface area contributed by atoms with Crippen molar-refractivity contribution < 1.29 is 66.7 Å². The molecule has 0 aromatic heterocycles. The molecule has 0 radical (unpaired) electrons. The molecule has 1 aliphatic carbocycles. The highest BCUT2D eigenvalue weighted by molar-refractivity contribution is 7.81. The molecule has 20 nitrogen and oxygen atoms in total. The lowest BCUT2D eigenvalue weighted by Crippen LogP contribution is -2.14. The topological polar surface area (TPSA) is 212 Å². The number of nitrogens with one attached hydrogen (secondary N) is 6. The predicted octanol–water partition coefficient (Wildman–Crippen LogP) is 27.3. The number of hydrogen-bond donors (Lipinski definition) is 7. The highest BCUT2D eigenvalue weighted by atomic mass is 32.1. The van der Waals surface area contributed by atoms with Crippen LogP contribution in [0, 0.1) is 96.9 Å². The van der Waals surface area contributed by atoms with Gasteiger partial charge in [-0.1, -0.05) is 180 Å². The number of ether oxygens (including phenoxy) is 13. The molecule has 0 amide bonds. The van der Waals surface area contributed by atoms with E-state index in [-0.39, 0.29) is 11.8 Å². The fourth-order valence-electron chi connectivity index (χ4n) is 14.8. The number of aliphatic hydroxyl groups excluding tert-OH is 1. The number of hydrogen-bond acceptors (Lipinski definition) is 20. The van der Waals surface area contributed by atoms with Crippen LogP contribution in [0.1, 0.15) is 161 Å².